The number of benzene rings is 3. The number of carboxylic acid groups (broad SMARTS) is 1. The zero-order chi connectivity index (χ0) is 28.5. The van der Waals surface area contributed by atoms with Crippen molar-refractivity contribution in [1.29, 1.82) is 5.26 Å². The Balaban J connectivity index is 2.27. The molecule has 0 aliphatic carbocycles. The third-order valence-corrected chi connectivity index (χ3v) is 7.78. The molecule has 3 rings (SSSR count). The van der Waals surface area contributed by atoms with Crippen molar-refractivity contribution in [3.63, 3.8) is 0 Å². The molecule has 0 aliphatic heterocycles. The fourth-order valence-electron chi connectivity index (χ4n) is 5.12. The first-order valence-electron chi connectivity index (χ1n) is 13.4. The predicted octanol–water partition coefficient (Wildman–Crippen LogP) is 8.42. The van der Waals surface area contributed by atoms with Crippen molar-refractivity contribution < 1.29 is 14.7 Å². The van der Waals surface area contributed by atoms with Crippen LogP contribution in [0.1, 0.15) is 79.4 Å². The van der Waals surface area contributed by atoms with Crippen molar-refractivity contribution in [2.45, 2.75) is 64.8 Å². The summed E-state index contributed by atoms with van der Waals surface area (Å²) in [5.74, 6) is -1.44. The van der Waals surface area contributed by atoms with Crippen molar-refractivity contribution in [1.82, 2.24) is 4.90 Å². The number of carboxylic acids is 1. The van der Waals surface area contributed by atoms with Crippen LogP contribution in [0.2, 0.25) is 10.0 Å². The fourth-order valence-corrected chi connectivity index (χ4v) is 5.43. The average molecular weight is 566 g/mol. The molecule has 1 amide bonds. The van der Waals surface area contributed by atoms with Crippen molar-refractivity contribution in [3.05, 3.63) is 93.0 Å². The molecule has 7 heteroatoms. The molecule has 0 saturated carbocycles. The van der Waals surface area contributed by atoms with E-state index in [2.05, 4.69) is 19.1 Å². The molecule has 2 unspecified atom stereocenters. The molecule has 2 atom stereocenters. The second-order valence-corrected chi connectivity index (χ2v) is 10.3. The quantitative estimate of drug-likeness (QED) is 0.224. The number of aliphatic carboxylic acids is 1. The molecule has 39 heavy (non-hydrogen) atoms. The van der Waals surface area contributed by atoms with Gasteiger partial charge in [0.2, 0.25) is 0 Å². The smallest absolute Gasteiger partial charge is 0.305 e. The zero-order valence-corrected chi connectivity index (χ0v) is 24.1. The minimum Gasteiger partial charge on any atom is -0.481 e. The molecule has 0 bridgehead atoms. The van der Waals surface area contributed by atoms with Crippen LogP contribution in [0.25, 0.3) is 10.8 Å². The standard InChI is InChI=1S/C32H34Cl2N2O3/c1-4-7-8-13-29(24(5-2)22-14-15-27(33)28(34)19-22)36(17-16-30(37)38)32(39)31-25(6-3)23(20-35)18-21-11-9-10-12-26(21)31/h8-15,18-19,24,29H,4-7,16-17H2,1-3H3,(H,37,38). The number of hydrogen-bond acceptors (Lipinski definition) is 3. The Bertz CT molecular complexity index is 1410. The normalized spacial score (nSPS) is 12.8. The van der Waals surface area contributed by atoms with E-state index in [9.17, 15) is 20.0 Å². The lowest BCUT2D eigenvalue weighted by molar-refractivity contribution is -0.137. The second kappa shape index (κ2) is 14.2. The van der Waals surface area contributed by atoms with E-state index >= 15 is 0 Å². The van der Waals surface area contributed by atoms with Gasteiger partial charge < -0.3 is 10.0 Å². The maximum absolute atomic E-state index is 14.6. The number of allylic oxidation sites excluding steroid dienone is 1. The monoisotopic (exact) mass is 564 g/mol. The summed E-state index contributed by atoms with van der Waals surface area (Å²) >= 11 is 12.6. The van der Waals surface area contributed by atoms with Gasteiger partial charge in [0.15, 0.2) is 0 Å². The molecule has 3 aromatic rings. The average Bonchev–Trinajstić information content (AvgIpc) is 2.93. The highest BCUT2D eigenvalue weighted by molar-refractivity contribution is 6.42. The maximum atomic E-state index is 14.6. The van der Waals surface area contributed by atoms with Gasteiger partial charge in [-0.3, -0.25) is 9.59 Å². The molecule has 1 N–H and O–H groups in total. The van der Waals surface area contributed by atoms with Crippen molar-refractivity contribution in [2.75, 3.05) is 6.54 Å². The van der Waals surface area contributed by atoms with Gasteiger partial charge in [0.25, 0.3) is 5.91 Å². The number of carbonyl (C=O) groups is 2. The minimum absolute atomic E-state index is 0.0153. The number of fused-ring (bicyclic) bond motifs is 1. The van der Waals surface area contributed by atoms with Gasteiger partial charge in [-0.25, -0.2) is 0 Å². The minimum atomic E-state index is -0.988. The summed E-state index contributed by atoms with van der Waals surface area (Å²) < 4.78 is 0. The topological polar surface area (TPSA) is 81.4 Å². The van der Waals surface area contributed by atoms with Crippen LogP contribution in [0, 0.1) is 11.3 Å². The van der Waals surface area contributed by atoms with E-state index in [1.807, 2.05) is 62.4 Å². The Labute approximate surface area is 240 Å². The van der Waals surface area contributed by atoms with Crippen LogP contribution in [-0.4, -0.2) is 34.5 Å². The van der Waals surface area contributed by atoms with Crippen molar-refractivity contribution in [2.24, 2.45) is 0 Å². The van der Waals surface area contributed by atoms with Crippen molar-refractivity contribution in [3.8, 4) is 6.07 Å². The number of rotatable bonds is 12. The Hall–Kier alpha value is -3.33. The summed E-state index contributed by atoms with van der Waals surface area (Å²) in [4.78, 5) is 28.0. The van der Waals surface area contributed by atoms with Gasteiger partial charge in [-0.2, -0.15) is 5.26 Å². The molecule has 0 fully saturated rings. The SMILES string of the molecule is CCCC=CC(C(CC)c1ccc(Cl)c(Cl)c1)N(CCC(=O)O)C(=O)c1c(CC)c(C#N)cc2ccccc12. The number of halogens is 2. The van der Waals surface area contributed by atoms with Crippen LogP contribution < -0.4 is 0 Å². The highest BCUT2D eigenvalue weighted by Crippen LogP contribution is 2.35. The van der Waals surface area contributed by atoms with Gasteiger partial charge in [-0.05, 0) is 59.4 Å². The molecular formula is C32H34Cl2N2O3. The maximum Gasteiger partial charge on any atom is 0.305 e. The molecule has 5 nitrogen and oxygen atoms in total. The Kier molecular flexibility index (Phi) is 11.0. The van der Waals surface area contributed by atoms with Crippen LogP contribution in [0.4, 0.5) is 0 Å². The van der Waals surface area contributed by atoms with Crippen LogP contribution in [-0.2, 0) is 11.2 Å². The van der Waals surface area contributed by atoms with E-state index in [-0.39, 0.29) is 24.8 Å². The summed E-state index contributed by atoms with van der Waals surface area (Å²) in [6.07, 6.45) is 6.78. The lowest BCUT2D eigenvalue weighted by Gasteiger charge is -2.36. The molecule has 0 saturated heterocycles. The summed E-state index contributed by atoms with van der Waals surface area (Å²) in [5.41, 5.74) is 2.49. The highest BCUT2D eigenvalue weighted by atomic mass is 35.5. The van der Waals surface area contributed by atoms with Gasteiger partial charge >= 0.3 is 5.97 Å². The molecule has 204 valence electrons. The molecule has 0 spiro atoms. The van der Waals surface area contributed by atoms with Crippen LogP contribution in [0.15, 0.2) is 60.7 Å². The predicted molar refractivity (Wildman–Crippen MR) is 159 cm³/mol. The van der Waals surface area contributed by atoms with E-state index in [1.54, 1.807) is 11.0 Å². The van der Waals surface area contributed by atoms with Gasteiger partial charge in [-0.1, -0.05) is 92.9 Å². The van der Waals surface area contributed by atoms with Crippen LogP contribution in [0.3, 0.4) is 0 Å². The van der Waals surface area contributed by atoms with Gasteiger partial charge in [-0.15, -0.1) is 0 Å². The molecular weight excluding hydrogens is 531 g/mol. The molecule has 3 aromatic carbocycles. The molecule has 0 radical (unpaired) electrons. The van der Waals surface area contributed by atoms with E-state index in [4.69, 9.17) is 23.2 Å². The first kappa shape index (κ1) is 30.2. The highest BCUT2D eigenvalue weighted by Gasteiger charge is 2.32. The summed E-state index contributed by atoms with van der Waals surface area (Å²) in [5, 5.41) is 21.9. The summed E-state index contributed by atoms with van der Waals surface area (Å²) in [6.45, 7) is 6.06. The largest absolute Gasteiger partial charge is 0.481 e. The Morgan fingerprint density at radius 3 is 2.44 bits per heavy atom. The summed E-state index contributed by atoms with van der Waals surface area (Å²) in [7, 11) is 0. The summed E-state index contributed by atoms with van der Waals surface area (Å²) in [6, 6.07) is 16.6. The number of amides is 1. The molecule has 0 aromatic heterocycles. The van der Waals surface area contributed by atoms with Gasteiger partial charge in [0, 0.05) is 12.5 Å². The number of nitrogens with zero attached hydrogens (tertiary/aromatic N) is 2. The lowest BCUT2D eigenvalue weighted by atomic mass is 9.86. The zero-order valence-electron chi connectivity index (χ0n) is 22.6. The Morgan fingerprint density at radius 1 is 1.08 bits per heavy atom. The molecule has 0 heterocycles. The number of nitriles is 1. The van der Waals surface area contributed by atoms with Crippen LogP contribution >= 0.6 is 23.2 Å². The fraction of sp³-hybridized carbons (Fsp3) is 0.344. The van der Waals surface area contributed by atoms with E-state index in [1.165, 1.54) is 0 Å². The lowest BCUT2D eigenvalue weighted by Crippen LogP contribution is -2.44. The number of hydrogen-bond donors (Lipinski definition) is 1. The van der Waals surface area contributed by atoms with E-state index in [0.29, 0.717) is 39.6 Å². The van der Waals surface area contributed by atoms with E-state index in [0.717, 1.165) is 29.2 Å². The van der Waals surface area contributed by atoms with E-state index < -0.39 is 12.0 Å². The van der Waals surface area contributed by atoms with Crippen molar-refractivity contribution >= 4 is 45.9 Å². The third kappa shape index (κ3) is 7.01. The second-order valence-electron chi connectivity index (χ2n) is 9.50. The Morgan fingerprint density at radius 2 is 1.82 bits per heavy atom. The van der Waals surface area contributed by atoms with Gasteiger partial charge in [0.05, 0.1) is 39.7 Å². The number of unbranched alkanes of at least 4 members (excludes halogenated alkanes) is 1. The van der Waals surface area contributed by atoms with Gasteiger partial charge in [0.1, 0.15) is 0 Å². The molecule has 0 aliphatic rings. The van der Waals surface area contributed by atoms with Crippen LogP contribution in [0.5, 0.6) is 0 Å². The number of carbonyl (C=O) groups excluding carboxylic acids is 1. The first-order valence-corrected chi connectivity index (χ1v) is 14.1. The third-order valence-electron chi connectivity index (χ3n) is 7.04. The first-order chi connectivity index (χ1) is 18.8.